The van der Waals surface area contributed by atoms with Gasteiger partial charge in [-0.15, -0.1) is 0 Å². The number of carboxylic acids is 1. The molecule has 1 heterocycles. The third-order valence-corrected chi connectivity index (χ3v) is 4.01. The Kier molecular flexibility index (Phi) is 4.76. The van der Waals surface area contributed by atoms with Crippen molar-refractivity contribution in [2.75, 3.05) is 0 Å². The molecule has 3 nitrogen and oxygen atoms in total. The molecule has 2 aromatic rings. The number of rotatable bonds is 3. The normalized spacial score (nSPS) is 10.6. The van der Waals surface area contributed by atoms with Crippen molar-refractivity contribution in [2.45, 2.75) is 6.42 Å². The first-order valence-electron chi connectivity index (χ1n) is 5.40. The van der Waals surface area contributed by atoms with Crippen molar-refractivity contribution in [1.82, 2.24) is 4.98 Å². The van der Waals surface area contributed by atoms with Crippen LogP contribution in [0.15, 0.2) is 24.3 Å². The van der Waals surface area contributed by atoms with Gasteiger partial charge in [0.05, 0.1) is 27.2 Å². The molecule has 0 aliphatic heterocycles. The maximum atomic E-state index is 10.8. The molecule has 0 radical (unpaired) electrons. The Balaban J connectivity index is 2.55. The number of benzene rings is 1. The van der Waals surface area contributed by atoms with Crippen LogP contribution < -0.4 is 0 Å². The summed E-state index contributed by atoms with van der Waals surface area (Å²) in [6.45, 7) is 0. The molecule has 1 N–H and O–H groups in total. The van der Waals surface area contributed by atoms with Crippen LogP contribution in [-0.2, 0) is 11.2 Å². The average molecular weight is 351 g/mol. The first-order valence-corrected chi connectivity index (χ1v) is 6.92. The van der Waals surface area contributed by atoms with Gasteiger partial charge >= 0.3 is 5.97 Å². The van der Waals surface area contributed by atoms with Gasteiger partial charge in [0.2, 0.25) is 0 Å². The van der Waals surface area contributed by atoms with E-state index in [1.165, 1.54) is 6.07 Å². The Hall–Kier alpha value is -1.000. The lowest BCUT2D eigenvalue weighted by molar-refractivity contribution is -0.136. The van der Waals surface area contributed by atoms with Crippen LogP contribution in [0.3, 0.4) is 0 Å². The summed E-state index contributed by atoms with van der Waals surface area (Å²) in [5, 5.41) is 9.80. The van der Waals surface area contributed by atoms with Crippen LogP contribution >= 0.6 is 46.4 Å². The fraction of sp³-hybridized carbons (Fsp3) is 0.0769. The lowest BCUT2D eigenvalue weighted by Gasteiger charge is -2.08. The smallest absolute Gasteiger partial charge is 0.307 e. The van der Waals surface area contributed by atoms with Gasteiger partial charge in [0, 0.05) is 5.56 Å². The zero-order valence-electron chi connectivity index (χ0n) is 9.83. The van der Waals surface area contributed by atoms with Crippen molar-refractivity contribution in [3.05, 3.63) is 50.0 Å². The van der Waals surface area contributed by atoms with E-state index in [-0.39, 0.29) is 21.6 Å². The molecular formula is C13H7Cl4NO2. The lowest BCUT2D eigenvalue weighted by atomic mass is 10.1. The number of halogens is 4. The maximum Gasteiger partial charge on any atom is 0.307 e. The van der Waals surface area contributed by atoms with Crippen LogP contribution in [0.4, 0.5) is 0 Å². The Labute approximate surface area is 135 Å². The summed E-state index contributed by atoms with van der Waals surface area (Å²) in [4.78, 5) is 14.9. The summed E-state index contributed by atoms with van der Waals surface area (Å²) < 4.78 is 0. The monoisotopic (exact) mass is 349 g/mol. The molecule has 0 saturated carbocycles. The van der Waals surface area contributed by atoms with Gasteiger partial charge in [-0.2, -0.15) is 0 Å². The summed E-state index contributed by atoms with van der Waals surface area (Å²) in [7, 11) is 0. The molecule has 0 aliphatic rings. The summed E-state index contributed by atoms with van der Waals surface area (Å²) in [6.07, 6.45) is -0.159. The third-order valence-electron chi connectivity index (χ3n) is 2.52. The van der Waals surface area contributed by atoms with Crippen molar-refractivity contribution in [1.29, 1.82) is 0 Å². The lowest BCUT2D eigenvalue weighted by Crippen LogP contribution is -2.01. The van der Waals surface area contributed by atoms with Gasteiger partial charge in [0.15, 0.2) is 0 Å². The molecule has 1 aromatic carbocycles. The number of hydrogen-bond donors (Lipinski definition) is 1. The molecule has 0 aliphatic carbocycles. The van der Waals surface area contributed by atoms with Gasteiger partial charge in [-0.1, -0.05) is 46.4 Å². The van der Waals surface area contributed by atoms with Crippen molar-refractivity contribution in [3.63, 3.8) is 0 Å². The highest BCUT2D eigenvalue weighted by Crippen LogP contribution is 2.37. The fourth-order valence-electron chi connectivity index (χ4n) is 1.69. The predicted octanol–water partition coefficient (Wildman–Crippen LogP) is 4.99. The van der Waals surface area contributed by atoms with Crippen LogP contribution in [0.2, 0.25) is 20.2 Å². The highest BCUT2D eigenvalue weighted by molar-refractivity contribution is 6.49. The number of nitrogens with zero attached hydrogens (tertiary/aromatic N) is 1. The standard InChI is InChI=1S/C13H7Cl4NO2/c14-8-2-1-7(12(16)13(8)17)9-3-6(5-11(19)20)4-10(15)18-9/h1-4H,5H2,(H,19,20). The predicted molar refractivity (Wildman–Crippen MR) is 81.1 cm³/mol. The summed E-state index contributed by atoms with van der Waals surface area (Å²) in [6, 6.07) is 6.33. The van der Waals surface area contributed by atoms with E-state index in [0.717, 1.165) is 0 Å². The average Bonchev–Trinajstić information content (AvgIpc) is 2.34. The van der Waals surface area contributed by atoms with Gasteiger partial charge in [0.25, 0.3) is 0 Å². The first kappa shape index (κ1) is 15.4. The van der Waals surface area contributed by atoms with Crippen molar-refractivity contribution in [3.8, 4) is 11.3 Å². The number of carbonyl (C=O) groups is 1. The molecule has 0 unspecified atom stereocenters. The van der Waals surface area contributed by atoms with Gasteiger partial charge in [0.1, 0.15) is 5.15 Å². The van der Waals surface area contributed by atoms with Gasteiger partial charge in [-0.3, -0.25) is 4.79 Å². The zero-order chi connectivity index (χ0) is 14.9. The molecule has 0 spiro atoms. The van der Waals surface area contributed by atoms with Crippen molar-refractivity contribution >= 4 is 52.4 Å². The minimum atomic E-state index is -0.960. The summed E-state index contributed by atoms with van der Waals surface area (Å²) in [5.74, 6) is -0.960. The Morgan fingerprint density at radius 2 is 1.80 bits per heavy atom. The second kappa shape index (κ2) is 6.19. The van der Waals surface area contributed by atoms with E-state index in [0.29, 0.717) is 21.8 Å². The van der Waals surface area contributed by atoms with Gasteiger partial charge < -0.3 is 5.11 Å². The zero-order valence-corrected chi connectivity index (χ0v) is 12.9. The van der Waals surface area contributed by atoms with Crippen molar-refractivity contribution in [2.24, 2.45) is 0 Å². The number of aromatic nitrogens is 1. The molecule has 7 heteroatoms. The SMILES string of the molecule is O=C(O)Cc1cc(Cl)nc(-c2ccc(Cl)c(Cl)c2Cl)c1. The summed E-state index contributed by atoms with van der Waals surface area (Å²) in [5.41, 5.74) is 1.50. The topological polar surface area (TPSA) is 50.2 Å². The third kappa shape index (κ3) is 3.36. The van der Waals surface area contributed by atoms with E-state index in [2.05, 4.69) is 4.98 Å². The number of aliphatic carboxylic acids is 1. The number of hydrogen-bond acceptors (Lipinski definition) is 2. The number of pyridine rings is 1. The van der Waals surface area contributed by atoms with Crippen LogP contribution in [0.5, 0.6) is 0 Å². The Bertz CT molecular complexity index is 688. The van der Waals surface area contributed by atoms with Crippen LogP contribution in [-0.4, -0.2) is 16.1 Å². The van der Waals surface area contributed by atoms with E-state index < -0.39 is 5.97 Å². The number of carboxylic acid groups (broad SMARTS) is 1. The minimum absolute atomic E-state index is 0.159. The van der Waals surface area contributed by atoms with E-state index in [4.69, 9.17) is 51.5 Å². The molecule has 0 bridgehead atoms. The first-order chi connectivity index (χ1) is 9.38. The van der Waals surface area contributed by atoms with E-state index in [1.54, 1.807) is 18.2 Å². The molecule has 104 valence electrons. The molecule has 0 saturated heterocycles. The van der Waals surface area contributed by atoms with E-state index >= 15 is 0 Å². The van der Waals surface area contributed by atoms with E-state index in [1.807, 2.05) is 0 Å². The van der Waals surface area contributed by atoms with Gasteiger partial charge in [-0.25, -0.2) is 4.98 Å². The second-order valence-corrected chi connectivity index (χ2v) is 5.53. The molecule has 0 atom stereocenters. The quantitative estimate of drug-likeness (QED) is 0.626. The maximum absolute atomic E-state index is 10.8. The molecule has 1 aromatic heterocycles. The van der Waals surface area contributed by atoms with Gasteiger partial charge in [-0.05, 0) is 29.8 Å². The Morgan fingerprint density at radius 1 is 1.10 bits per heavy atom. The van der Waals surface area contributed by atoms with Crippen LogP contribution in [0.1, 0.15) is 5.56 Å². The molecule has 0 amide bonds. The summed E-state index contributed by atoms with van der Waals surface area (Å²) >= 11 is 23.9. The highest BCUT2D eigenvalue weighted by Gasteiger charge is 2.13. The highest BCUT2D eigenvalue weighted by atomic mass is 35.5. The van der Waals surface area contributed by atoms with Crippen LogP contribution in [0.25, 0.3) is 11.3 Å². The molecular weight excluding hydrogens is 344 g/mol. The van der Waals surface area contributed by atoms with Crippen LogP contribution in [0, 0.1) is 0 Å². The van der Waals surface area contributed by atoms with E-state index in [9.17, 15) is 4.79 Å². The fourth-order valence-corrected chi connectivity index (χ4v) is 2.55. The molecule has 20 heavy (non-hydrogen) atoms. The largest absolute Gasteiger partial charge is 0.481 e. The minimum Gasteiger partial charge on any atom is -0.481 e. The Morgan fingerprint density at radius 3 is 2.45 bits per heavy atom. The van der Waals surface area contributed by atoms with Crippen molar-refractivity contribution < 1.29 is 9.90 Å². The molecule has 0 fully saturated rings. The second-order valence-electron chi connectivity index (χ2n) is 3.98. The molecule has 2 rings (SSSR count).